The van der Waals surface area contributed by atoms with Crippen LogP contribution in [0, 0.1) is 0 Å². The molecular formula is C19H28N6O3. The fraction of sp³-hybridized carbons (Fsp3) is 0.579. The summed E-state index contributed by atoms with van der Waals surface area (Å²) in [5.74, 6) is 0.690. The fourth-order valence-corrected chi connectivity index (χ4v) is 3.35. The summed E-state index contributed by atoms with van der Waals surface area (Å²) in [4.78, 5) is 38.7. The first kappa shape index (κ1) is 19.9. The van der Waals surface area contributed by atoms with Crippen LogP contribution in [0.25, 0.3) is 11.0 Å². The molecule has 0 aromatic carbocycles. The highest BCUT2D eigenvalue weighted by molar-refractivity contribution is 5.99. The van der Waals surface area contributed by atoms with E-state index in [1.54, 1.807) is 4.90 Å². The summed E-state index contributed by atoms with van der Waals surface area (Å²) in [5.41, 5.74) is 1.04. The summed E-state index contributed by atoms with van der Waals surface area (Å²) in [7, 11) is 1.85. The summed E-state index contributed by atoms with van der Waals surface area (Å²) in [6.07, 6.45) is 5.70. The minimum Gasteiger partial charge on any atom is -0.444 e. The maximum atomic E-state index is 12.4. The lowest BCUT2D eigenvalue weighted by molar-refractivity contribution is -0.106. The molecule has 152 valence electrons. The zero-order valence-electron chi connectivity index (χ0n) is 16.9. The third kappa shape index (κ3) is 4.52. The number of nitrogens with zero attached hydrogens (tertiary/aromatic N) is 4. The Morgan fingerprint density at radius 3 is 2.96 bits per heavy atom. The van der Waals surface area contributed by atoms with E-state index in [1.165, 1.54) is 6.33 Å². The van der Waals surface area contributed by atoms with E-state index >= 15 is 0 Å². The second-order valence-electron chi connectivity index (χ2n) is 8.08. The third-order valence-electron chi connectivity index (χ3n) is 4.62. The molecule has 0 radical (unpaired) electrons. The average Bonchev–Trinajstić information content (AvgIpc) is 3.06. The van der Waals surface area contributed by atoms with Crippen molar-refractivity contribution in [2.24, 2.45) is 0 Å². The molecule has 1 atom stereocenters. The van der Waals surface area contributed by atoms with Crippen molar-refractivity contribution in [3.05, 3.63) is 12.5 Å². The highest BCUT2D eigenvalue weighted by Gasteiger charge is 2.28. The van der Waals surface area contributed by atoms with Crippen LogP contribution in [0.1, 0.15) is 33.6 Å². The van der Waals surface area contributed by atoms with E-state index in [-0.39, 0.29) is 18.7 Å². The number of carbonyl (C=O) groups is 2. The Hall–Kier alpha value is -2.84. The Bertz CT molecular complexity index is 844. The van der Waals surface area contributed by atoms with Crippen molar-refractivity contribution in [2.45, 2.75) is 45.3 Å². The molecule has 1 amide bonds. The van der Waals surface area contributed by atoms with Crippen molar-refractivity contribution in [1.82, 2.24) is 19.9 Å². The fourth-order valence-electron chi connectivity index (χ4n) is 3.35. The van der Waals surface area contributed by atoms with Crippen molar-refractivity contribution in [1.29, 1.82) is 0 Å². The minimum absolute atomic E-state index is 0.0542. The van der Waals surface area contributed by atoms with Gasteiger partial charge in [-0.15, -0.1) is 0 Å². The van der Waals surface area contributed by atoms with Crippen LogP contribution < -0.4 is 10.2 Å². The summed E-state index contributed by atoms with van der Waals surface area (Å²) < 4.78 is 5.50. The van der Waals surface area contributed by atoms with Gasteiger partial charge in [-0.25, -0.2) is 14.8 Å². The van der Waals surface area contributed by atoms with Gasteiger partial charge in [-0.2, -0.15) is 0 Å². The number of likely N-dealkylation sites (N-methyl/N-ethyl adjacent to an activating group) is 1. The molecule has 9 heteroatoms. The number of aldehydes is 1. The number of amides is 1. The molecule has 1 fully saturated rings. The number of hydrogen-bond acceptors (Lipinski definition) is 7. The van der Waals surface area contributed by atoms with E-state index < -0.39 is 5.60 Å². The van der Waals surface area contributed by atoms with Gasteiger partial charge in [-0.05, 0) is 33.6 Å². The molecule has 0 unspecified atom stereocenters. The second-order valence-corrected chi connectivity index (χ2v) is 8.08. The largest absolute Gasteiger partial charge is 0.444 e. The molecule has 1 aliphatic heterocycles. The molecule has 1 aliphatic rings. The normalized spacial score (nSPS) is 17.4. The molecule has 0 aliphatic carbocycles. The van der Waals surface area contributed by atoms with Crippen LogP contribution in [0.4, 0.5) is 16.3 Å². The van der Waals surface area contributed by atoms with E-state index in [1.807, 2.05) is 38.9 Å². The van der Waals surface area contributed by atoms with Crippen LogP contribution in [0.5, 0.6) is 0 Å². The molecule has 0 spiro atoms. The van der Waals surface area contributed by atoms with Gasteiger partial charge in [0.05, 0.1) is 17.6 Å². The van der Waals surface area contributed by atoms with E-state index in [0.717, 1.165) is 30.2 Å². The molecule has 0 bridgehead atoms. The number of carbonyl (C=O) groups excluding carboxylic acids is 2. The number of rotatable bonds is 5. The summed E-state index contributed by atoms with van der Waals surface area (Å²) >= 11 is 0. The van der Waals surface area contributed by atoms with Crippen molar-refractivity contribution < 1.29 is 14.3 Å². The van der Waals surface area contributed by atoms with Crippen LogP contribution in [0.3, 0.4) is 0 Å². The lowest BCUT2D eigenvalue weighted by Crippen LogP contribution is -2.47. The minimum atomic E-state index is -0.514. The van der Waals surface area contributed by atoms with Gasteiger partial charge < -0.3 is 29.6 Å². The molecule has 28 heavy (non-hydrogen) atoms. The number of hydrogen-bond donors (Lipinski definition) is 2. The van der Waals surface area contributed by atoms with Gasteiger partial charge >= 0.3 is 6.09 Å². The summed E-state index contributed by atoms with van der Waals surface area (Å²) in [6.45, 7) is 7.10. The first-order chi connectivity index (χ1) is 13.3. The first-order valence-electron chi connectivity index (χ1n) is 9.50. The first-order valence-corrected chi connectivity index (χ1v) is 9.50. The van der Waals surface area contributed by atoms with Crippen LogP contribution in [-0.2, 0) is 9.53 Å². The molecule has 9 nitrogen and oxygen atoms in total. The number of fused-ring (bicyclic) bond motifs is 1. The highest BCUT2D eigenvalue weighted by Crippen LogP contribution is 2.31. The Balaban J connectivity index is 1.78. The van der Waals surface area contributed by atoms with E-state index in [9.17, 15) is 9.59 Å². The van der Waals surface area contributed by atoms with Crippen molar-refractivity contribution in [3.63, 3.8) is 0 Å². The zero-order valence-corrected chi connectivity index (χ0v) is 16.9. The van der Waals surface area contributed by atoms with Crippen LogP contribution >= 0.6 is 0 Å². The maximum Gasteiger partial charge on any atom is 0.410 e. The Morgan fingerprint density at radius 2 is 2.25 bits per heavy atom. The van der Waals surface area contributed by atoms with Crippen molar-refractivity contribution >= 4 is 34.9 Å². The quantitative estimate of drug-likeness (QED) is 0.758. The van der Waals surface area contributed by atoms with Crippen LogP contribution in [-0.4, -0.2) is 70.6 Å². The van der Waals surface area contributed by atoms with E-state index in [4.69, 9.17) is 4.74 Å². The standard InChI is InChI=1S/C19H28N6O3/c1-19(2,3)28-18(27)25-7-5-6-13(11-25)23-17-15-14(24(4)8-9-26)10-20-16(15)21-12-22-17/h9-10,12-13H,5-8,11H2,1-4H3,(H2,20,21,22,23)/t13-/m1/s1. The molecule has 3 heterocycles. The van der Waals surface area contributed by atoms with Gasteiger partial charge in [0, 0.05) is 32.4 Å². The zero-order chi connectivity index (χ0) is 20.3. The summed E-state index contributed by atoms with van der Waals surface area (Å²) in [6, 6.07) is 0.0542. The van der Waals surface area contributed by atoms with E-state index in [2.05, 4.69) is 20.3 Å². The molecule has 2 N–H and O–H groups in total. The van der Waals surface area contributed by atoms with Gasteiger partial charge in [0.25, 0.3) is 0 Å². The molecular weight excluding hydrogens is 360 g/mol. The highest BCUT2D eigenvalue weighted by atomic mass is 16.6. The predicted molar refractivity (Wildman–Crippen MR) is 108 cm³/mol. The predicted octanol–water partition coefficient (Wildman–Crippen LogP) is 2.40. The topological polar surface area (TPSA) is 103 Å². The van der Waals surface area contributed by atoms with Gasteiger partial charge in [-0.1, -0.05) is 0 Å². The second kappa shape index (κ2) is 8.04. The summed E-state index contributed by atoms with van der Waals surface area (Å²) in [5, 5.41) is 4.29. The number of ether oxygens (including phenoxy) is 1. The Morgan fingerprint density at radius 1 is 1.46 bits per heavy atom. The number of anilines is 2. The van der Waals surface area contributed by atoms with Gasteiger partial charge in [0.15, 0.2) is 0 Å². The Kier molecular flexibility index (Phi) is 5.71. The lowest BCUT2D eigenvalue weighted by Gasteiger charge is -2.34. The van der Waals surface area contributed by atoms with Gasteiger partial charge in [-0.3, -0.25) is 0 Å². The number of aromatic nitrogens is 3. The number of aromatic amines is 1. The smallest absolute Gasteiger partial charge is 0.410 e. The number of nitrogens with one attached hydrogen (secondary N) is 2. The number of piperidine rings is 1. The van der Waals surface area contributed by atoms with Gasteiger partial charge in [0.1, 0.15) is 29.7 Å². The van der Waals surface area contributed by atoms with Gasteiger partial charge in [0.2, 0.25) is 0 Å². The lowest BCUT2D eigenvalue weighted by atomic mass is 10.1. The van der Waals surface area contributed by atoms with Crippen LogP contribution in [0.2, 0.25) is 0 Å². The molecule has 2 aromatic heterocycles. The maximum absolute atomic E-state index is 12.4. The van der Waals surface area contributed by atoms with Crippen molar-refractivity contribution in [3.8, 4) is 0 Å². The molecule has 0 saturated carbocycles. The average molecular weight is 388 g/mol. The molecule has 1 saturated heterocycles. The third-order valence-corrected chi connectivity index (χ3v) is 4.62. The van der Waals surface area contributed by atoms with Crippen LogP contribution in [0.15, 0.2) is 12.5 Å². The molecule has 2 aromatic rings. The van der Waals surface area contributed by atoms with Crippen molar-refractivity contribution in [2.75, 3.05) is 36.9 Å². The Labute approximate surface area is 164 Å². The molecule has 3 rings (SSSR count). The number of H-pyrrole nitrogens is 1. The monoisotopic (exact) mass is 388 g/mol. The SMILES string of the molecule is CN(CC=O)c1c[nH]c2ncnc(N[C@@H]3CCCN(C(=O)OC(C)(C)C)C3)c12. The van der Waals surface area contributed by atoms with E-state index in [0.29, 0.717) is 24.6 Å². The number of likely N-dealkylation sites (tertiary alicyclic amines) is 1.